The molecule has 3 rings (SSSR count). The van der Waals surface area contributed by atoms with E-state index < -0.39 is 29.2 Å². The normalized spacial score (nSPS) is 19.1. The number of ketones is 1. The minimum Gasteiger partial charge on any atom is -0.322 e. The number of amides is 1. The van der Waals surface area contributed by atoms with Crippen molar-refractivity contribution in [3.63, 3.8) is 0 Å². The van der Waals surface area contributed by atoms with Crippen molar-refractivity contribution in [3.8, 4) is 0 Å². The number of carbonyl (C=O) groups is 2. The predicted octanol–water partition coefficient (Wildman–Crippen LogP) is 5.74. The number of thioether (sulfide) groups is 1. The van der Waals surface area contributed by atoms with Gasteiger partial charge in [0.05, 0.1) is 0 Å². The topological polar surface area (TPSA) is 46.2 Å². The highest BCUT2D eigenvalue weighted by molar-refractivity contribution is 8.00. The Labute approximate surface area is 169 Å². The summed E-state index contributed by atoms with van der Waals surface area (Å²) in [5.74, 6) is -5.57. The van der Waals surface area contributed by atoms with Gasteiger partial charge in [0.25, 0.3) is 5.91 Å². The molecule has 29 heavy (non-hydrogen) atoms. The minimum atomic E-state index is -1.63. The summed E-state index contributed by atoms with van der Waals surface area (Å²) >= 11 is 1.28. The number of hydrogen-bond donors (Lipinski definition) is 1. The van der Waals surface area contributed by atoms with Crippen LogP contribution in [-0.2, 0) is 4.79 Å². The fourth-order valence-electron chi connectivity index (χ4n) is 3.37. The van der Waals surface area contributed by atoms with Crippen LogP contribution in [-0.4, -0.2) is 16.9 Å². The second-order valence-electron chi connectivity index (χ2n) is 7.07. The molecule has 1 fully saturated rings. The van der Waals surface area contributed by atoms with Crippen LogP contribution in [0.4, 0.5) is 23.2 Å². The lowest BCUT2D eigenvalue weighted by Gasteiger charge is -2.27. The Morgan fingerprint density at radius 2 is 1.69 bits per heavy atom. The van der Waals surface area contributed by atoms with Crippen LogP contribution < -0.4 is 5.32 Å². The average molecular weight is 425 g/mol. The Morgan fingerprint density at radius 1 is 1.00 bits per heavy atom. The summed E-state index contributed by atoms with van der Waals surface area (Å²) in [6.45, 7) is 1.56. The van der Waals surface area contributed by atoms with E-state index in [9.17, 15) is 27.2 Å². The highest BCUT2D eigenvalue weighted by Crippen LogP contribution is 2.38. The van der Waals surface area contributed by atoms with E-state index in [1.54, 1.807) is 6.92 Å². The van der Waals surface area contributed by atoms with Gasteiger partial charge in [0.1, 0.15) is 11.6 Å². The highest BCUT2D eigenvalue weighted by Gasteiger charge is 2.26. The lowest BCUT2D eigenvalue weighted by Crippen LogP contribution is -2.22. The van der Waals surface area contributed by atoms with Gasteiger partial charge in [0.15, 0.2) is 17.5 Å². The lowest BCUT2D eigenvalue weighted by molar-refractivity contribution is -0.121. The van der Waals surface area contributed by atoms with Crippen molar-refractivity contribution in [2.75, 3.05) is 5.32 Å². The summed E-state index contributed by atoms with van der Waals surface area (Å²) in [4.78, 5) is 24.3. The SMILES string of the molecule is CC(=O)[C@H]1CCCC(Sc2cc(C(=O)Nc3cc(F)c(F)c(F)c3)ccc2F)C1. The van der Waals surface area contributed by atoms with E-state index in [0.717, 1.165) is 25.3 Å². The summed E-state index contributed by atoms with van der Waals surface area (Å²) in [7, 11) is 0. The maximum atomic E-state index is 14.3. The van der Waals surface area contributed by atoms with Crippen LogP contribution >= 0.6 is 11.8 Å². The Kier molecular flexibility index (Phi) is 6.62. The molecule has 2 aromatic carbocycles. The molecule has 0 bridgehead atoms. The van der Waals surface area contributed by atoms with Gasteiger partial charge in [0.2, 0.25) is 0 Å². The van der Waals surface area contributed by atoms with Gasteiger partial charge in [-0.05, 0) is 44.4 Å². The summed E-state index contributed by atoms with van der Waals surface area (Å²) in [6.07, 6.45) is 3.22. The Bertz CT molecular complexity index is 927. The molecular formula is C21H19F4NO2S. The molecule has 1 N–H and O–H groups in total. The monoisotopic (exact) mass is 425 g/mol. The number of benzene rings is 2. The van der Waals surface area contributed by atoms with Gasteiger partial charge in [-0.15, -0.1) is 11.8 Å². The van der Waals surface area contributed by atoms with Gasteiger partial charge >= 0.3 is 0 Å². The van der Waals surface area contributed by atoms with Gasteiger partial charge < -0.3 is 5.32 Å². The zero-order valence-corrected chi connectivity index (χ0v) is 16.4. The molecule has 2 aromatic rings. The molecule has 1 amide bonds. The third kappa shape index (κ3) is 5.18. The number of halogens is 4. The first-order valence-electron chi connectivity index (χ1n) is 9.17. The first-order valence-corrected chi connectivity index (χ1v) is 10.0. The molecule has 0 aromatic heterocycles. The van der Waals surface area contributed by atoms with E-state index in [0.29, 0.717) is 18.6 Å². The molecule has 0 heterocycles. The summed E-state index contributed by atoms with van der Waals surface area (Å²) in [5, 5.41) is 2.34. The van der Waals surface area contributed by atoms with Crippen molar-refractivity contribution in [1.29, 1.82) is 0 Å². The zero-order valence-electron chi connectivity index (χ0n) is 15.6. The zero-order chi connectivity index (χ0) is 21.1. The van der Waals surface area contributed by atoms with E-state index in [1.165, 1.54) is 23.9 Å². The van der Waals surface area contributed by atoms with Crippen LogP contribution in [0.5, 0.6) is 0 Å². The largest absolute Gasteiger partial charge is 0.322 e. The number of hydrogen-bond acceptors (Lipinski definition) is 3. The smallest absolute Gasteiger partial charge is 0.255 e. The molecule has 0 aliphatic heterocycles. The summed E-state index contributed by atoms with van der Waals surface area (Å²) in [6, 6.07) is 5.10. The number of nitrogens with one attached hydrogen (secondary N) is 1. The number of anilines is 1. The quantitative estimate of drug-likeness (QED) is 0.491. The standard InChI is InChI=1S/C21H19F4NO2S/c1-11(27)12-3-2-4-15(7-12)29-19-8-13(5-6-16(19)22)21(28)26-14-9-17(23)20(25)18(24)10-14/h5-6,8-10,12,15H,2-4,7H2,1H3,(H,26,28)/t12-,15?/m0/s1. The Balaban J connectivity index is 1.74. The third-order valence-electron chi connectivity index (χ3n) is 4.93. The van der Waals surface area contributed by atoms with Gasteiger partial charge in [-0.3, -0.25) is 9.59 Å². The first kappa shape index (κ1) is 21.4. The van der Waals surface area contributed by atoms with Crippen molar-refractivity contribution in [1.82, 2.24) is 0 Å². The van der Waals surface area contributed by atoms with Crippen LogP contribution in [0.25, 0.3) is 0 Å². The van der Waals surface area contributed by atoms with Crippen molar-refractivity contribution in [2.24, 2.45) is 5.92 Å². The second kappa shape index (κ2) is 8.98. The maximum Gasteiger partial charge on any atom is 0.255 e. The molecule has 1 unspecified atom stereocenters. The highest BCUT2D eigenvalue weighted by atomic mass is 32.2. The first-order chi connectivity index (χ1) is 13.7. The number of rotatable bonds is 5. The maximum absolute atomic E-state index is 14.3. The third-order valence-corrected chi connectivity index (χ3v) is 6.26. The van der Waals surface area contributed by atoms with E-state index >= 15 is 0 Å². The van der Waals surface area contributed by atoms with Crippen molar-refractivity contribution >= 4 is 29.1 Å². The second-order valence-corrected chi connectivity index (χ2v) is 8.41. The molecule has 154 valence electrons. The van der Waals surface area contributed by atoms with Crippen molar-refractivity contribution in [3.05, 3.63) is 59.2 Å². The van der Waals surface area contributed by atoms with Crippen LogP contribution in [0, 0.1) is 29.2 Å². The fourth-order valence-corrected chi connectivity index (χ4v) is 4.71. The van der Waals surface area contributed by atoms with Crippen LogP contribution in [0.1, 0.15) is 43.0 Å². The summed E-state index contributed by atoms with van der Waals surface area (Å²) < 4.78 is 53.9. The predicted molar refractivity (Wildman–Crippen MR) is 103 cm³/mol. The Hall–Kier alpha value is -2.35. The van der Waals surface area contributed by atoms with Crippen LogP contribution in [0.3, 0.4) is 0 Å². The molecule has 1 aliphatic carbocycles. The van der Waals surface area contributed by atoms with E-state index in [4.69, 9.17) is 0 Å². The number of Topliss-reactive ketones (excluding diaryl/α,β-unsaturated/α-hetero) is 1. The van der Waals surface area contributed by atoms with Gasteiger partial charge in [0, 0.05) is 39.4 Å². The molecule has 1 saturated carbocycles. The van der Waals surface area contributed by atoms with Crippen LogP contribution in [0.15, 0.2) is 35.2 Å². The molecule has 8 heteroatoms. The van der Waals surface area contributed by atoms with Gasteiger partial charge in [-0.1, -0.05) is 6.42 Å². The molecule has 2 atom stereocenters. The molecule has 1 aliphatic rings. The number of carbonyl (C=O) groups excluding carboxylic acids is 2. The molecular weight excluding hydrogens is 406 g/mol. The van der Waals surface area contributed by atoms with Crippen molar-refractivity contribution in [2.45, 2.75) is 42.8 Å². The molecule has 0 radical (unpaired) electrons. The molecule has 0 saturated heterocycles. The van der Waals surface area contributed by atoms with Crippen molar-refractivity contribution < 1.29 is 27.2 Å². The van der Waals surface area contributed by atoms with E-state index in [2.05, 4.69) is 5.32 Å². The van der Waals surface area contributed by atoms with Gasteiger partial charge in [-0.2, -0.15) is 0 Å². The summed E-state index contributed by atoms with van der Waals surface area (Å²) in [5.41, 5.74) is -0.153. The molecule has 3 nitrogen and oxygen atoms in total. The average Bonchev–Trinajstić information content (AvgIpc) is 2.68. The Morgan fingerprint density at radius 3 is 2.34 bits per heavy atom. The van der Waals surface area contributed by atoms with Gasteiger partial charge in [-0.25, -0.2) is 17.6 Å². The molecule has 0 spiro atoms. The minimum absolute atomic E-state index is 0.0286. The van der Waals surface area contributed by atoms with E-state index in [-0.39, 0.29) is 33.1 Å². The van der Waals surface area contributed by atoms with E-state index in [1.807, 2.05) is 0 Å². The van der Waals surface area contributed by atoms with Crippen LogP contribution in [0.2, 0.25) is 0 Å². The fraction of sp³-hybridized carbons (Fsp3) is 0.333. The lowest BCUT2D eigenvalue weighted by atomic mass is 9.86.